The number of pyridine rings is 1. The first kappa shape index (κ1) is 13.8. The zero-order valence-corrected chi connectivity index (χ0v) is 12.5. The number of amides is 1. The highest BCUT2D eigenvalue weighted by molar-refractivity contribution is 5.95. The molecular formula is C17H16N4O2. The smallest absolute Gasteiger partial charge is 0.323 e. The molecule has 0 unspecified atom stereocenters. The summed E-state index contributed by atoms with van der Waals surface area (Å²) in [5.41, 5.74) is 3.39. The largest absolute Gasteiger partial charge is 0.339 e. The van der Waals surface area contributed by atoms with Gasteiger partial charge in [-0.3, -0.25) is 9.78 Å². The number of likely N-dealkylation sites (tertiary alicyclic amines) is 1. The maximum absolute atomic E-state index is 12.3. The number of para-hydroxylation sites is 1. The number of fused-ring (bicyclic) bond motifs is 1. The van der Waals surface area contributed by atoms with Gasteiger partial charge in [-0.2, -0.15) is 0 Å². The van der Waals surface area contributed by atoms with Gasteiger partial charge in [0.2, 0.25) is 0 Å². The third-order valence-corrected chi connectivity index (χ3v) is 4.23. The number of nitrogens with zero attached hydrogens (tertiary/aromatic N) is 2. The second-order valence-electron chi connectivity index (χ2n) is 5.74. The topological polar surface area (TPSA) is 81.8 Å². The third kappa shape index (κ3) is 2.42. The average molecular weight is 308 g/mol. The molecule has 3 aromatic rings. The molecule has 0 bridgehead atoms. The molecular weight excluding hydrogens is 292 g/mol. The van der Waals surface area contributed by atoms with E-state index in [2.05, 4.69) is 15.0 Å². The van der Waals surface area contributed by atoms with Gasteiger partial charge < -0.3 is 14.9 Å². The summed E-state index contributed by atoms with van der Waals surface area (Å²) in [6.45, 7) is 1.65. The molecule has 1 fully saturated rings. The lowest BCUT2D eigenvalue weighted by molar-refractivity contribution is 0.0792. The predicted octanol–water partition coefficient (Wildman–Crippen LogP) is 2.15. The summed E-state index contributed by atoms with van der Waals surface area (Å²) in [5.74, 6) is 0.0369. The van der Waals surface area contributed by atoms with E-state index in [0.717, 1.165) is 48.2 Å². The molecule has 0 atom stereocenters. The monoisotopic (exact) mass is 308 g/mol. The summed E-state index contributed by atoms with van der Waals surface area (Å²) in [4.78, 5) is 35.6. The number of benzene rings is 1. The maximum Gasteiger partial charge on any atom is 0.323 e. The van der Waals surface area contributed by atoms with Crippen molar-refractivity contribution in [3.8, 4) is 11.3 Å². The summed E-state index contributed by atoms with van der Waals surface area (Å²) in [6.07, 6.45) is 3.75. The Morgan fingerprint density at radius 1 is 1.09 bits per heavy atom. The molecule has 4 rings (SSSR count). The molecule has 23 heavy (non-hydrogen) atoms. The van der Waals surface area contributed by atoms with Crippen LogP contribution in [-0.4, -0.2) is 38.8 Å². The number of imidazole rings is 1. The number of carbonyl (C=O) groups excluding carboxylic acids is 1. The first-order valence-electron chi connectivity index (χ1n) is 7.69. The van der Waals surface area contributed by atoms with Crippen LogP contribution >= 0.6 is 0 Å². The van der Waals surface area contributed by atoms with Crippen molar-refractivity contribution in [1.29, 1.82) is 0 Å². The number of nitrogens with one attached hydrogen (secondary N) is 2. The van der Waals surface area contributed by atoms with Crippen molar-refractivity contribution < 1.29 is 4.79 Å². The summed E-state index contributed by atoms with van der Waals surface area (Å²) >= 11 is 0. The Labute approximate surface area is 132 Å². The highest BCUT2D eigenvalue weighted by Crippen LogP contribution is 2.24. The molecule has 0 saturated carbocycles. The van der Waals surface area contributed by atoms with Gasteiger partial charge >= 0.3 is 5.69 Å². The number of H-pyrrole nitrogens is 2. The molecule has 6 heteroatoms. The Balaban J connectivity index is 1.69. The molecule has 0 aliphatic carbocycles. The summed E-state index contributed by atoms with van der Waals surface area (Å²) in [7, 11) is 0. The number of hydrogen-bond acceptors (Lipinski definition) is 3. The van der Waals surface area contributed by atoms with Crippen LogP contribution in [0.4, 0.5) is 0 Å². The number of aromatic nitrogens is 3. The minimum atomic E-state index is -0.242. The van der Waals surface area contributed by atoms with E-state index in [4.69, 9.17) is 0 Å². The predicted molar refractivity (Wildman–Crippen MR) is 87.3 cm³/mol. The molecule has 1 amide bonds. The molecule has 1 aliphatic heterocycles. The van der Waals surface area contributed by atoms with Gasteiger partial charge in [0.05, 0.1) is 22.3 Å². The zero-order valence-electron chi connectivity index (χ0n) is 12.5. The number of carbonyl (C=O) groups is 1. The lowest BCUT2D eigenvalue weighted by atomic mass is 10.1. The normalized spacial score (nSPS) is 14.5. The zero-order chi connectivity index (χ0) is 15.8. The van der Waals surface area contributed by atoms with E-state index in [9.17, 15) is 9.59 Å². The highest BCUT2D eigenvalue weighted by Gasteiger charge is 2.19. The molecule has 2 aromatic heterocycles. The first-order valence-corrected chi connectivity index (χ1v) is 7.69. The number of hydrogen-bond donors (Lipinski definition) is 2. The van der Waals surface area contributed by atoms with Crippen LogP contribution < -0.4 is 5.69 Å². The lowest BCUT2D eigenvalue weighted by Gasteiger charge is -2.15. The molecule has 1 aliphatic rings. The van der Waals surface area contributed by atoms with Crippen LogP contribution in [0.5, 0.6) is 0 Å². The summed E-state index contributed by atoms with van der Waals surface area (Å²) in [5, 5.41) is 0. The fourth-order valence-corrected chi connectivity index (χ4v) is 3.05. The van der Waals surface area contributed by atoms with Gasteiger partial charge in [0.15, 0.2) is 0 Å². The van der Waals surface area contributed by atoms with Crippen LogP contribution in [0.1, 0.15) is 23.2 Å². The van der Waals surface area contributed by atoms with E-state index in [1.165, 1.54) is 0 Å². The highest BCUT2D eigenvalue weighted by atomic mass is 16.2. The Hall–Kier alpha value is -2.89. The van der Waals surface area contributed by atoms with Crippen LogP contribution in [-0.2, 0) is 0 Å². The third-order valence-electron chi connectivity index (χ3n) is 4.23. The Morgan fingerprint density at radius 3 is 2.65 bits per heavy atom. The lowest BCUT2D eigenvalue weighted by Crippen LogP contribution is -2.27. The van der Waals surface area contributed by atoms with Crippen molar-refractivity contribution in [2.45, 2.75) is 12.8 Å². The van der Waals surface area contributed by atoms with E-state index in [-0.39, 0.29) is 11.6 Å². The van der Waals surface area contributed by atoms with Gasteiger partial charge in [-0.15, -0.1) is 0 Å². The van der Waals surface area contributed by atoms with Gasteiger partial charge in [0.25, 0.3) is 5.91 Å². The van der Waals surface area contributed by atoms with E-state index in [0.29, 0.717) is 5.56 Å². The van der Waals surface area contributed by atoms with Gasteiger partial charge in [-0.05, 0) is 31.0 Å². The fourth-order valence-electron chi connectivity index (χ4n) is 3.05. The van der Waals surface area contributed by atoms with Crippen LogP contribution in [0.15, 0.2) is 41.3 Å². The minimum Gasteiger partial charge on any atom is -0.339 e. The number of rotatable bonds is 2. The first-order chi connectivity index (χ1) is 11.2. The molecule has 2 N–H and O–H groups in total. The van der Waals surface area contributed by atoms with Crippen molar-refractivity contribution in [3.63, 3.8) is 0 Å². The minimum absolute atomic E-state index is 0.0369. The fraction of sp³-hybridized carbons (Fsp3) is 0.235. The van der Waals surface area contributed by atoms with Crippen LogP contribution in [0.3, 0.4) is 0 Å². The number of aromatic amines is 2. The second-order valence-corrected chi connectivity index (χ2v) is 5.74. The summed E-state index contributed by atoms with van der Waals surface area (Å²) < 4.78 is 0. The standard InChI is InChI=1S/C17H16N4O2/c22-16(21-8-1-2-9-21)11-6-7-13(18-10-11)12-4-3-5-14-15(12)20-17(23)19-14/h3-7,10H,1-2,8-9H2,(H2,19,20,23). The van der Waals surface area contributed by atoms with Gasteiger partial charge in [0.1, 0.15) is 0 Å². The molecule has 1 saturated heterocycles. The molecule has 0 radical (unpaired) electrons. The molecule has 0 spiro atoms. The van der Waals surface area contributed by atoms with E-state index < -0.39 is 0 Å². The SMILES string of the molecule is O=C(c1ccc(-c2cccc3[nH]c(=O)[nH]c23)nc1)N1CCCC1. The average Bonchev–Trinajstić information content (AvgIpc) is 3.22. The molecule has 1 aromatic carbocycles. The quantitative estimate of drug-likeness (QED) is 0.761. The van der Waals surface area contributed by atoms with Crippen LogP contribution in [0.2, 0.25) is 0 Å². The van der Waals surface area contributed by atoms with Crippen molar-refractivity contribution >= 4 is 16.9 Å². The van der Waals surface area contributed by atoms with Crippen LogP contribution in [0, 0.1) is 0 Å². The van der Waals surface area contributed by atoms with E-state index in [1.54, 1.807) is 12.3 Å². The van der Waals surface area contributed by atoms with Gasteiger partial charge in [-0.1, -0.05) is 12.1 Å². The Kier molecular flexibility index (Phi) is 3.22. The molecule has 6 nitrogen and oxygen atoms in total. The Bertz CT molecular complexity index is 918. The van der Waals surface area contributed by atoms with Crippen LogP contribution in [0.25, 0.3) is 22.3 Å². The Morgan fingerprint density at radius 2 is 1.91 bits per heavy atom. The van der Waals surface area contributed by atoms with Crippen molar-refractivity contribution in [2.24, 2.45) is 0 Å². The van der Waals surface area contributed by atoms with E-state index >= 15 is 0 Å². The van der Waals surface area contributed by atoms with Gasteiger partial charge in [-0.25, -0.2) is 4.79 Å². The molecule has 116 valence electrons. The van der Waals surface area contributed by atoms with Crippen molar-refractivity contribution in [3.05, 3.63) is 52.6 Å². The van der Waals surface area contributed by atoms with Crippen molar-refractivity contribution in [1.82, 2.24) is 19.9 Å². The summed E-state index contributed by atoms with van der Waals surface area (Å²) in [6, 6.07) is 9.22. The van der Waals surface area contributed by atoms with Crippen molar-refractivity contribution in [2.75, 3.05) is 13.1 Å². The molecule has 3 heterocycles. The maximum atomic E-state index is 12.3. The van der Waals surface area contributed by atoms with E-state index in [1.807, 2.05) is 29.2 Å². The van der Waals surface area contributed by atoms with Gasteiger partial charge in [0, 0.05) is 24.8 Å². The second kappa shape index (κ2) is 5.39.